The van der Waals surface area contributed by atoms with Crippen LogP contribution in [0, 0.1) is 0 Å². The van der Waals surface area contributed by atoms with Crippen LogP contribution in [-0.2, 0) is 58.1 Å². The van der Waals surface area contributed by atoms with Crippen molar-refractivity contribution in [3.05, 3.63) is 0 Å². The van der Waals surface area contributed by atoms with Crippen molar-refractivity contribution in [1.82, 2.24) is 0 Å². The fourth-order valence-electron chi connectivity index (χ4n) is 0. The van der Waals surface area contributed by atoms with E-state index in [4.69, 9.17) is 0 Å². The van der Waals surface area contributed by atoms with Crippen LogP contribution in [0.4, 0.5) is 0 Å². The van der Waals surface area contributed by atoms with Crippen molar-refractivity contribution in [2.24, 2.45) is 0 Å². The Labute approximate surface area is 64.6 Å². The van der Waals surface area contributed by atoms with Crippen molar-refractivity contribution in [2.75, 3.05) is 0 Å². The molecule has 0 spiro atoms. The summed E-state index contributed by atoms with van der Waals surface area (Å²) in [5, 5.41) is 0. The monoisotopic (exact) mass is 472 g/mol. The van der Waals surface area contributed by atoms with Gasteiger partial charge in [-0.25, -0.2) is 0 Å². The Hall–Kier alpha value is 2.35. The zero-order valence-electron chi connectivity index (χ0n) is 1.60. The third-order valence-electron chi connectivity index (χ3n) is 0. The summed E-state index contributed by atoms with van der Waals surface area (Å²) in [5.41, 5.74) is 0. The van der Waals surface area contributed by atoms with Crippen LogP contribution in [0.2, 0.25) is 0 Å². The number of hydrogen-bond donors (Lipinski definition) is 0. The molecule has 0 N–H and O–H groups in total. The summed E-state index contributed by atoms with van der Waals surface area (Å²) < 4.78 is 0. The molecule has 0 aliphatic carbocycles. The van der Waals surface area contributed by atoms with Gasteiger partial charge in [0.15, 0.2) is 0 Å². The van der Waals surface area contributed by atoms with E-state index < -0.39 is 0 Å². The van der Waals surface area contributed by atoms with Crippen LogP contribution in [0.25, 0.3) is 0 Å². The van der Waals surface area contributed by atoms with E-state index in [1.165, 1.54) is 0 Å². The van der Waals surface area contributed by atoms with E-state index in [2.05, 4.69) is 27.7 Å². The van der Waals surface area contributed by atoms with E-state index in [1.54, 1.807) is 0 Å². The van der Waals surface area contributed by atoms with Gasteiger partial charge in [-0.1, -0.05) is 0 Å². The molecular formula is H2AuNiPW. The second-order valence-corrected chi connectivity index (χ2v) is 0. The maximum Gasteiger partial charge on any atom is 0 e. The summed E-state index contributed by atoms with van der Waals surface area (Å²) in [5.74, 6) is 0. The molecule has 0 amide bonds. The molecule has 0 nitrogen and oxygen atoms in total. The molecule has 0 aliphatic heterocycles. The Kier molecular flexibility index (Phi) is 74.2. The van der Waals surface area contributed by atoms with Gasteiger partial charge in [0.05, 0.1) is 0 Å². The molecule has 0 aromatic rings. The van der Waals surface area contributed by atoms with Crippen LogP contribution < -0.4 is 0 Å². The van der Waals surface area contributed by atoms with Crippen LogP contribution in [0.3, 0.4) is 0 Å². The Balaban J connectivity index is -0.00000000500. The molecule has 0 bridgehead atoms. The van der Waals surface area contributed by atoms with Gasteiger partial charge < -0.3 is 0 Å². The first-order chi connectivity index (χ1) is 1.00. The van der Waals surface area contributed by atoms with Gasteiger partial charge in [-0.3, -0.25) is 0 Å². The van der Waals surface area contributed by atoms with Crippen LogP contribution in [0.5, 0.6) is 0 Å². The summed E-state index contributed by atoms with van der Waals surface area (Å²) in [7, 11) is 2.36. The molecule has 0 saturated carbocycles. The SMILES string of the molecule is [Ni].[PH2][Au].[W]. The largest absolute Gasteiger partial charge is 0 e. The summed E-state index contributed by atoms with van der Waals surface area (Å²) >= 11 is 2.19. The Morgan fingerprint density at radius 1 is 1.25 bits per heavy atom. The van der Waals surface area contributed by atoms with E-state index in [-0.39, 0.29) is 37.6 Å². The van der Waals surface area contributed by atoms with Crippen molar-refractivity contribution in [1.29, 1.82) is 0 Å². The van der Waals surface area contributed by atoms with Crippen LogP contribution in [0.1, 0.15) is 0 Å². The van der Waals surface area contributed by atoms with E-state index in [0.29, 0.717) is 0 Å². The minimum atomic E-state index is 0. The van der Waals surface area contributed by atoms with Crippen molar-refractivity contribution in [3.63, 3.8) is 0 Å². The molecule has 1 atom stereocenters. The molecule has 4 heavy (non-hydrogen) atoms. The molecule has 0 fully saturated rings. The van der Waals surface area contributed by atoms with Gasteiger partial charge in [0.1, 0.15) is 0 Å². The quantitative estimate of drug-likeness (QED) is 0.352. The van der Waals surface area contributed by atoms with Gasteiger partial charge in [-0.05, 0) is 0 Å². The molecule has 0 aromatic heterocycles. The van der Waals surface area contributed by atoms with Gasteiger partial charge >= 0.3 is 27.7 Å². The summed E-state index contributed by atoms with van der Waals surface area (Å²) in [6.07, 6.45) is 0. The number of rotatable bonds is 0. The normalized spacial score (nSPS) is 1.75. The molecule has 0 aliphatic rings. The van der Waals surface area contributed by atoms with E-state index in [1.807, 2.05) is 0 Å². The fraction of sp³-hybridized carbons (Fsp3) is 0. The molecule has 0 radical (unpaired) electrons. The topological polar surface area (TPSA) is 0 Å². The smallest absolute Gasteiger partial charge is 0 e. The van der Waals surface area contributed by atoms with Gasteiger partial charge in [0, 0.05) is 37.6 Å². The average molecular weight is 472 g/mol. The molecular weight excluding hydrogens is 470 g/mol. The standard InChI is InChI=1S/Au.Ni.H2P.W/h;;1H2;/q+1;;-1;. The predicted octanol–water partition coefficient (Wildman–Crippen LogP) is 0.318. The van der Waals surface area contributed by atoms with Crippen LogP contribution in [-0.4, -0.2) is 0 Å². The van der Waals surface area contributed by atoms with Gasteiger partial charge in [0.2, 0.25) is 0 Å². The van der Waals surface area contributed by atoms with Gasteiger partial charge in [0.25, 0.3) is 0 Å². The third kappa shape index (κ3) is 8.84. The van der Waals surface area contributed by atoms with Gasteiger partial charge in [-0.15, -0.1) is 0 Å². The van der Waals surface area contributed by atoms with Crippen LogP contribution in [0.15, 0.2) is 0 Å². The Morgan fingerprint density at radius 2 is 1.25 bits per heavy atom. The predicted molar refractivity (Wildman–Crippen MR) is 9.71 cm³/mol. The van der Waals surface area contributed by atoms with Crippen molar-refractivity contribution in [3.8, 4) is 0 Å². The maximum atomic E-state index is 2.36. The molecule has 0 saturated heterocycles. The first-order valence-electron chi connectivity index (χ1n) is 0.174. The molecule has 34 valence electrons. The third-order valence-corrected chi connectivity index (χ3v) is 0. The maximum absolute atomic E-state index is 2.36. The average Bonchev–Trinajstić information content (AvgIpc) is 1.00. The number of hydrogen-bond acceptors (Lipinski definition) is 0. The van der Waals surface area contributed by atoms with Crippen molar-refractivity contribution in [2.45, 2.75) is 0 Å². The molecule has 1 unspecified atom stereocenters. The van der Waals surface area contributed by atoms with Crippen LogP contribution >= 0.6 is 7.13 Å². The molecule has 4 heteroatoms. The summed E-state index contributed by atoms with van der Waals surface area (Å²) in [4.78, 5) is 0. The molecule has 0 aromatic carbocycles. The first kappa shape index (κ1) is 16.2. The Morgan fingerprint density at radius 3 is 1.25 bits per heavy atom. The molecule has 0 heterocycles. The fourth-order valence-corrected chi connectivity index (χ4v) is 0. The Bertz CT molecular complexity index is 8.00. The zero-order chi connectivity index (χ0) is 2.00. The first-order valence-corrected chi connectivity index (χ1v) is 4.27. The molecule has 0 rings (SSSR count). The second-order valence-electron chi connectivity index (χ2n) is 0. The van der Waals surface area contributed by atoms with Gasteiger partial charge in [-0.2, -0.15) is 0 Å². The second kappa shape index (κ2) is 18.3. The minimum Gasteiger partial charge on any atom is 0 e. The van der Waals surface area contributed by atoms with E-state index >= 15 is 0 Å². The van der Waals surface area contributed by atoms with E-state index in [0.717, 1.165) is 0 Å². The van der Waals surface area contributed by atoms with Crippen molar-refractivity contribution >= 4 is 7.13 Å². The van der Waals surface area contributed by atoms with E-state index in [9.17, 15) is 0 Å². The minimum absolute atomic E-state index is 0. The zero-order valence-corrected chi connectivity index (χ0v) is 8.85. The van der Waals surface area contributed by atoms with Crippen molar-refractivity contribution < 1.29 is 58.1 Å². The summed E-state index contributed by atoms with van der Waals surface area (Å²) in [6, 6.07) is 0. The summed E-state index contributed by atoms with van der Waals surface area (Å²) in [6.45, 7) is 0.